The lowest BCUT2D eigenvalue weighted by atomic mass is 10.2. The smallest absolute Gasteiger partial charge is 0.329 e. The molecule has 0 aromatic heterocycles. The third-order valence-corrected chi connectivity index (χ3v) is 3.99. The molecule has 1 unspecified atom stereocenters. The maximum absolute atomic E-state index is 11.8. The van der Waals surface area contributed by atoms with Gasteiger partial charge in [0, 0.05) is 6.92 Å². The van der Waals surface area contributed by atoms with Crippen LogP contribution >= 0.6 is 0 Å². The minimum absolute atomic E-state index is 0.00224. The number of hydrogen-bond acceptors (Lipinski definition) is 5. The average Bonchev–Trinajstić information content (AvgIpc) is 2.23. The quantitative estimate of drug-likeness (QED) is 0.669. The van der Waals surface area contributed by atoms with Gasteiger partial charge in [-0.2, -0.15) is 0 Å². The van der Waals surface area contributed by atoms with Crippen LogP contribution in [0.2, 0.25) is 0 Å². The van der Waals surface area contributed by atoms with Crippen molar-refractivity contribution in [3.63, 3.8) is 0 Å². The highest BCUT2D eigenvalue weighted by molar-refractivity contribution is 7.91. The number of hydrogen-bond donors (Lipinski definition) is 1. The molecule has 7 heteroatoms. The van der Waals surface area contributed by atoms with Crippen molar-refractivity contribution in [2.45, 2.75) is 33.2 Å². The van der Waals surface area contributed by atoms with Gasteiger partial charge in [0.2, 0.25) is 5.91 Å². The minimum Gasteiger partial charge on any atom is -0.467 e. The predicted octanol–water partition coefficient (Wildman–Crippen LogP) is 0.125. The SMILES string of the molecule is COC(=O)C(CS(=O)(=O)CCC(C)C)NC(C)=O. The number of nitrogens with one attached hydrogen (secondary N) is 1. The molecule has 0 aromatic carbocycles. The number of ether oxygens (including phenoxy) is 1. The van der Waals surface area contributed by atoms with Gasteiger partial charge in [0.1, 0.15) is 6.04 Å². The Hall–Kier alpha value is -1.11. The van der Waals surface area contributed by atoms with E-state index < -0.39 is 33.5 Å². The number of carbonyl (C=O) groups excluding carboxylic acids is 2. The maximum atomic E-state index is 11.8. The highest BCUT2D eigenvalue weighted by atomic mass is 32.2. The highest BCUT2D eigenvalue weighted by Crippen LogP contribution is 2.05. The molecule has 6 nitrogen and oxygen atoms in total. The molecule has 0 heterocycles. The summed E-state index contributed by atoms with van der Waals surface area (Å²) in [6, 6.07) is -1.13. The fourth-order valence-electron chi connectivity index (χ4n) is 1.31. The third-order valence-electron chi connectivity index (χ3n) is 2.29. The number of methoxy groups -OCH3 is 1. The van der Waals surface area contributed by atoms with E-state index in [2.05, 4.69) is 10.1 Å². The summed E-state index contributed by atoms with van der Waals surface area (Å²) in [5.74, 6) is -1.39. The number of amides is 1. The second-order valence-electron chi connectivity index (χ2n) is 4.57. The summed E-state index contributed by atoms with van der Waals surface area (Å²) >= 11 is 0. The number of carbonyl (C=O) groups is 2. The van der Waals surface area contributed by atoms with Gasteiger partial charge in [-0.25, -0.2) is 13.2 Å². The van der Waals surface area contributed by atoms with E-state index in [9.17, 15) is 18.0 Å². The molecule has 0 aliphatic carbocycles. The molecule has 0 saturated heterocycles. The van der Waals surface area contributed by atoms with Gasteiger partial charge >= 0.3 is 5.97 Å². The first-order chi connectivity index (χ1) is 8.18. The van der Waals surface area contributed by atoms with E-state index in [-0.39, 0.29) is 11.7 Å². The molecule has 0 spiro atoms. The second-order valence-corrected chi connectivity index (χ2v) is 6.80. The summed E-state index contributed by atoms with van der Waals surface area (Å²) in [6.45, 7) is 5.05. The lowest BCUT2D eigenvalue weighted by Crippen LogP contribution is -2.45. The number of esters is 1. The Labute approximate surface area is 108 Å². The second kappa shape index (κ2) is 7.35. The van der Waals surface area contributed by atoms with Crippen molar-refractivity contribution in [2.75, 3.05) is 18.6 Å². The third kappa shape index (κ3) is 7.26. The highest BCUT2D eigenvalue weighted by Gasteiger charge is 2.27. The van der Waals surface area contributed by atoms with E-state index in [1.807, 2.05) is 13.8 Å². The van der Waals surface area contributed by atoms with Gasteiger partial charge in [0.05, 0.1) is 18.6 Å². The Morgan fingerprint density at radius 2 is 1.83 bits per heavy atom. The molecule has 1 amide bonds. The molecule has 0 aliphatic heterocycles. The van der Waals surface area contributed by atoms with Crippen LogP contribution in [0.3, 0.4) is 0 Å². The Morgan fingerprint density at radius 1 is 1.28 bits per heavy atom. The molecule has 18 heavy (non-hydrogen) atoms. The lowest BCUT2D eigenvalue weighted by molar-refractivity contribution is -0.144. The normalized spacial score (nSPS) is 13.2. The lowest BCUT2D eigenvalue weighted by Gasteiger charge is -2.15. The van der Waals surface area contributed by atoms with Crippen LogP contribution in [-0.4, -0.2) is 45.0 Å². The van der Waals surface area contributed by atoms with Crippen LogP contribution in [-0.2, 0) is 24.2 Å². The molecule has 0 aromatic rings. The van der Waals surface area contributed by atoms with Crippen molar-refractivity contribution < 1.29 is 22.7 Å². The van der Waals surface area contributed by atoms with E-state index in [0.717, 1.165) is 7.11 Å². The molecule has 1 atom stereocenters. The molecular formula is C11H21NO5S. The average molecular weight is 279 g/mol. The van der Waals surface area contributed by atoms with Crippen molar-refractivity contribution in [3.05, 3.63) is 0 Å². The summed E-state index contributed by atoms with van der Waals surface area (Å²) in [7, 11) is -2.24. The fraction of sp³-hybridized carbons (Fsp3) is 0.818. The van der Waals surface area contributed by atoms with Crippen molar-refractivity contribution in [3.8, 4) is 0 Å². The summed E-state index contributed by atoms with van der Waals surface area (Å²) in [5.41, 5.74) is 0. The summed E-state index contributed by atoms with van der Waals surface area (Å²) in [6.07, 6.45) is 0.524. The molecular weight excluding hydrogens is 258 g/mol. The zero-order valence-electron chi connectivity index (χ0n) is 11.2. The Kier molecular flexibility index (Phi) is 6.90. The standard InChI is InChI=1S/C11H21NO5S/c1-8(2)5-6-18(15,16)7-10(11(14)17-4)12-9(3)13/h8,10H,5-7H2,1-4H3,(H,12,13). The van der Waals surface area contributed by atoms with Crippen molar-refractivity contribution in [1.29, 1.82) is 0 Å². The monoisotopic (exact) mass is 279 g/mol. The van der Waals surface area contributed by atoms with Gasteiger partial charge in [-0.1, -0.05) is 13.8 Å². The Morgan fingerprint density at radius 3 is 2.22 bits per heavy atom. The van der Waals surface area contributed by atoms with E-state index in [1.54, 1.807) is 0 Å². The predicted molar refractivity (Wildman–Crippen MR) is 67.7 cm³/mol. The molecule has 0 fully saturated rings. The molecule has 0 saturated carbocycles. The van der Waals surface area contributed by atoms with Crippen LogP contribution in [0.1, 0.15) is 27.2 Å². The van der Waals surface area contributed by atoms with Crippen LogP contribution < -0.4 is 5.32 Å². The van der Waals surface area contributed by atoms with Crippen LogP contribution in [0.25, 0.3) is 0 Å². The largest absolute Gasteiger partial charge is 0.467 e. The first-order valence-corrected chi connectivity index (χ1v) is 7.55. The molecule has 0 rings (SSSR count). The van der Waals surface area contributed by atoms with Crippen LogP contribution in [0, 0.1) is 5.92 Å². The topological polar surface area (TPSA) is 89.5 Å². The van der Waals surface area contributed by atoms with Crippen molar-refractivity contribution in [1.82, 2.24) is 5.32 Å². The first-order valence-electron chi connectivity index (χ1n) is 5.73. The molecule has 106 valence electrons. The van der Waals surface area contributed by atoms with E-state index in [1.165, 1.54) is 6.92 Å². The van der Waals surface area contributed by atoms with Gasteiger partial charge < -0.3 is 10.1 Å². The zero-order valence-corrected chi connectivity index (χ0v) is 12.0. The molecule has 0 aliphatic rings. The summed E-state index contributed by atoms with van der Waals surface area (Å²) in [5, 5.41) is 2.28. The fourth-order valence-corrected chi connectivity index (χ4v) is 3.03. The molecule has 0 bridgehead atoms. The molecule has 0 radical (unpaired) electrons. The van der Waals surface area contributed by atoms with Crippen molar-refractivity contribution in [2.24, 2.45) is 5.92 Å². The van der Waals surface area contributed by atoms with Gasteiger partial charge in [-0.05, 0) is 12.3 Å². The summed E-state index contributed by atoms with van der Waals surface area (Å²) in [4.78, 5) is 22.3. The van der Waals surface area contributed by atoms with Gasteiger partial charge in [-0.15, -0.1) is 0 Å². The van der Waals surface area contributed by atoms with Gasteiger partial charge in [0.15, 0.2) is 9.84 Å². The van der Waals surface area contributed by atoms with E-state index in [4.69, 9.17) is 0 Å². The minimum atomic E-state index is -3.39. The Balaban J connectivity index is 4.65. The van der Waals surface area contributed by atoms with E-state index >= 15 is 0 Å². The van der Waals surface area contributed by atoms with Crippen LogP contribution in [0.4, 0.5) is 0 Å². The van der Waals surface area contributed by atoms with Gasteiger partial charge in [0.25, 0.3) is 0 Å². The van der Waals surface area contributed by atoms with Crippen LogP contribution in [0.5, 0.6) is 0 Å². The zero-order chi connectivity index (χ0) is 14.3. The van der Waals surface area contributed by atoms with Crippen LogP contribution in [0.15, 0.2) is 0 Å². The van der Waals surface area contributed by atoms with Gasteiger partial charge in [-0.3, -0.25) is 4.79 Å². The maximum Gasteiger partial charge on any atom is 0.329 e. The Bertz CT molecular complexity index is 388. The van der Waals surface area contributed by atoms with E-state index in [0.29, 0.717) is 6.42 Å². The first kappa shape index (κ1) is 16.9. The van der Waals surface area contributed by atoms with Crippen molar-refractivity contribution >= 4 is 21.7 Å². The molecule has 1 N–H and O–H groups in total. The number of sulfone groups is 1. The summed E-state index contributed by atoms with van der Waals surface area (Å²) < 4.78 is 28.0. The number of rotatable bonds is 7.